The van der Waals surface area contributed by atoms with Crippen molar-refractivity contribution in [2.24, 2.45) is 0 Å². The van der Waals surface area contributed by atoms with Crippen LogP contribution in [-0.2, 0) is 22.0 Å². The number of carbonyl (C=O) groups excluding carboxylic acids is 2. The SMILES string of the molecule is CCN(CC)CCOC(=O)c1ccc(NC(=O)c2ccc(Cc3cc4c(cc3C)C(C)(C)CCC4(C)C)o2)cc1. The zero-order valence-electron chi connectivity index (χ0n) is 25.1. The van der Waals surface area contributed by atoms with Crippen LogP contribution in [-0.4, -0.2) is 43.0 Å². The normalized spacial score (nSPS) is 15.5. The largest absolute Gasteiger partial charge is 0.461 e. The first-order valence-electron chi connectivity index (χ1n) is 14.5. The highest BCUT2D eigenvalue weighted by molar-refractivity contribution is 6.02. The molecular weight excluding hydrogens is 500 g/mol. The van der Waals surface area contributed by atoms with Gasteiger partial charge in [0.05, 0.1) is 5.56 Å². The first-order chi connectivity index (χ1) is 18.9. The number of ether oxygens (including phenoxy) is 1. The summed E-state index contributed by atoms with van der Waals surface area (Å²) in [6.45, 7) is 18.6. The number of rotatable bonds is 10. The maximum atomic E-state index is 12.9. The molecule has 1 heterocycles. The van der Waals surface area contributed by atoms with Gasteiger partial charge in [0.15, 0.2) is 5.76 Å². The Kier molecular flexibility index (Phi) is 8.89. The second-order valence-electron chi connectivity index (χ2n) is 12.2. The van der Waals surface area contributed by atoms with Crippen LogP contribution in [0.4, 0.5) is 5.69 Å². The Morgan fingerprint density at radius 2 is 1.55 bits per heavy atom. The maximum Gasteiger partial charge on any atom is 0.338 e. The zero-order chi connectivity index (χ0) is 29.1. The van der Waals surface area contributed by atoms with Crippen molar-refractivity contribution in [1.29, 1.82) is 0 Å². The molecule has 4 rings (SSSR count). The highest BCUT2D eigenvalue weighted by Gasteiger charge is 2.37. The van der Waals surface area contributed by atoms with Crippen LogP contribution in [0.2, 0.25) is 0 Å². The van der Waals surface area contributed by atoms with E-state index in [0.717, 1.165) is 18.8 Å². The average molecular weight is 545 g/mol. The van der Waals surface area contributed by atoms with Crippen LogP contribution >= 0.6 is 0 Å². The van der Waals surface area contributed by atoms with Crippen LogP contribution in [0.1, 0.15) is 103 Å². The van der Waals surface area contributed by atoms with E-state index in [4.69, 9.17) is 9.15 Å². The van der Waals surface area contributed by atoms with Crippen molar-refractivity contribution in [2.75, 3.05) is 31.6 Å². The number of hydrogen-bond acceptors (Lipinski definition) is 5. The van der Waals surface area contributed by atoms with Gasteiger partial charge >= 0.3 is 5.97 Å². The number of anilines is 1. The minimum Gasteiger partial charge on any atom is -0.461 e. The van der Waals surface area contributed by atoms with Crippen molar-refractivity contribution in [3.8, 4) is 0 Å². The van der Waals surface area contributed by atoms with Gasteiger partial charge in [-0.2, -0.15) is 0 Å². The van der Waals surface area contributed by atoms with Gasteiger partial charge in [0.1, 0.15) is 12.4 Å². The van der Waals surface area contributed by atoms with Crippen molar-refractivity contribution < 1.29 is 18.7 Å². The Balaban J connectivity index is 1.38. The molecular formula is C34H44N2O4. The van der Waals surface area contributed by atoms with Crippen molar-refractivity contribution in [2.45, 2.75) is 78.6 Å². The molecule has 0 bridgehead atoms. The van der Waals surface area contributed by atoms with Gasteiger partial charge < -0.3 is 19.4 Å². The summed E-state index contributed by atoms with van der Waals surface area (Å²) in [5.74, 6) is 0.312. The molecule has 3 aromatic rings. The fourth-order valence-corrected chi connectivity index (χ4v) is 5.51. The number of benzene rings is 2. The second kappa shape index (κ2) is 12.0. The Morgan fingerprint density at radius 1 is 0.925 bits per heavy atom. The zero-order valence-corrected chi connectivity index (χ0v) is 25.1. The topological polar surface area (TPSA) is 71.8 Å². The summed E-state index contributed by atoms with van der Waals surface area (Å²) in [5, 5.41) is 2.86. The van der Waals surface area contributed by atoms with Crippen LogP contribution in [0.5, 0.6) is 0 Å². The number of likely N-dealkylation sites (N-methyl/N-ethyl adjacent to an activating group) is 1. The second-order valence-corrected chi connectivity index (χ2v) is 12.2. The van der Waals surface area contributed by atoms with E-state index in [0.29, 0.717) is 30.8 Å². The fourth-order valence-electron chi connectivity index (χ4n) is 5.51. The van der Waals surface area contributed by atoms with Crippen LogP contribution in [0, 0.1) is 6.92 Å². The number of amides is 1. The molecule has 0 atom stereocenters. The Morgan fingerprint density at radius 3 is 2.17 bits per heavy atom. The van der Waals surface area contributed by atoms with Crippen LogP contribution in [0.25, 0.3) is 0 Å². The molecule has 2 aromatic carbocycles. The van der Waals surface area contributed by atoms with Crippen molar-refractivity contribution in [3.63, 3.8) is 0 Å². The molecule has 0 saturated heterocycles. The first kappa shape index (κ1) is 29.6. The average Bonchev–Trinajstić information content (AvgIpc) is 3.39. The molecule has 0 unspecified atom stereocenters. The number of esters is 1. The summed E-state index contributed by atoms with van der Waals surface area (Å²) in [6.07, 6.45) is 2.99. The quantitative estimate of drug-likeness (QED) is 0.272. The van der Waals surface area contributed by atoms with E-state index >= 15 is 0 Å². The third-order valence-electron chi connectivity index (χ3n) is 8.47. The van der Waals surface area contributed by atoms with E-state index in [2.05, 4.69) is 70.8 Å². The predicted molar refractivity (Wildman–Crippen MR) is 160 cm³/mol. The van der Waals surface area contributed by atoms with E-state index in [1.54, 1.807) is 30.3 Å². The summed E-state index contributed by atoms with van der Waals surface area (Å²) in [6, 6.07) is 15.0. The molecule has 1 aromatic heterocycles. The monoisotopic (exact) mass is 544 g/mol. The molecule has 0 fully saturated rings. The minimum atomic E-state index is -0.370. The molecule has 214 valence electrons. The molecule has 6 nitrogen and oxygen atoms in total. The summed E-state index contributed by atoms with van der Waals surface area (Å²) >= 11 is 0. The van der Waals surface area contributed by atoms with Crippen LogP contribution in [0.15, 0.2) is 52.9 Å². The molecule has 1 N–H and O–H groups in total. The lowest BCUT2D eigenvalue weighted by molar-refractivity contribution is 0.0466. The van der Waals surface area contributed by atoms with Crippen LogP contribution < -0.4 is 5.32 Å². The minimum absolute atomic E-state index is 0.138. The molecule has 0 aliphatic heterocycles. The van der Waals surface area contributed by atoms with Gasteiger partial charge in [0.2, 0.25) is 0 Å². The standard InChI is InChI=1S/C34H44N2O4/c1-8-36(9-2)18-19-39-32(38)24-10-12-26(13-11-24)35-31(37)30-15-14-27(40-30)21-25-22-29-28(20-23(25)3)33(4,5)16-17-34(29,6)7/h10-15,20,22H,8-9,16-19,21H2,1-7H3,(H,35,37). The van der Waals surface area contributed by atoms with E-state index in [-0.39, 0.29) is 28.5 Å². The van der Waals surface area contributed by atoms with Gasteiger partial charge in [0.25, 0.3) is 5.91 Å². The highest BCUT2D eigenvalue weighted by Crippen LogP contribution is 2.46. The molecule has 1 aliphatic carbocycles. The highest BCUT2D eigenvalue weighted by atomic mass is 16.5. The lowest BCUT2D eigenvalue weighted by atomic mass is 9.62. The summed E-state index contributed by atoms with van der Waals surface area (Å²) in [5.41, 5.74) is 6.69. The molecule has 0 spiro atoms. The van der Waals surface area contributed by atoms with Gasteiger partial charge in [-0.05, 0) is 102 Å². The van der Waals surface area contributed by atoms with E-state index in [9.17, 15) is 9.59 Å². The van der Waals surface area contributed by atoms with Gasteiger partial charge in [-0.1, -0.05) is 53.7 Å². The lowest BCUT2D eigenvalue weighted by Crippen LogP contribution is -2.34. The first-order valence-corrected chi connectivity index (χ1v) is 14.5. The molecule has 1 aliphatic rings. The Labute approximate surface area is 239 Å². The summed E-state index contributed by atoms with van der Waals surface area (Å²) in [7, 11) is 0. The molecule has 40 heavy (non-hydrogen) atoms. The number of aryl methyl sites for hydroxylation is 1. The number of carbonyl (C=O) groups is 2. The molecule has 1 amide bonds. The summed E-state index contributed by atoms with van der Waals surface area (Å²) < 4.78 is 11.3. The number of nitrogens with one attached hydrogen (secondary N) is 1. The molecule has 6 heteroatoms. The number of nitrogens with zero attached hydrogens (tertiary/aromatic N) is 1. The van der Waals surface area contributed by atoms with Gasteiger partial charge in [-0.3, -0.25) is 4.79 Å². The predicted octanol–water partition coefficient (Wildman–Crippen LogP) is 7.28. The van der Waals surface area contributed by atoms with E-state index in [1.807, 2.05) is 6.07 Å². The number of furan rings is 1. The van der Waals surface area contributed by atoms with Gasteiger partial charge in [-0.15, -0.1) is 0 Å². The van der Waals surface area contributed by atoms with Crippen molar-refractivity contribution in [3.05, 3.63) is 87.9 Å². The van der Waals surface area contributed by atoms with E-state index < -0.39 is 0 Å². The third-order valence-corrected chi connectivity index (χ3v) is 8.47. The lowest BCUT2D eigenvalue weighted by Gasteiger charge is -2.42. The Hall–Kier alpha value is -3.38. The van der Waals surface area contributed by atoms with Crippen molar-refractivity contribution >= 4 is 17.6 Å². The van der Waals surface area contributed by atoms with Crippen molar-refractivity contribution in [1.82, 2.24) is 4.90 Å². The molecule has 0 saturated carbocycles. The third kappa shape index (κ3) is 6.67. The molecule has 0 radical (unpaired) electrons. The fraction of sp³-hybridized carbons (Fsp3) is 0.471. The maximum absolute atomic E-state index is 12.9. The van der Waals surface area contributed by atoms with E-state index in [1.165, 1.54) is 35.1 Å². The van der Waals surface area contributed by atoms with Gasteiger partial charge in [-0.25, -0.2) is 4.79 Å². The van der Waals surface area contributed by atoms with Gasteiger partial charge in [0, 0.05) is 18.7 Å². The number of hydrogen-bond donors (Lipinski definition) is 1. The summed E-state index contributed by atoms with van der Waals surface area (Å²) in [4.78, 5) is 27.4. The van der Waals surface area contributed by atoms with Crippen LogP contribution in [0.3, 0.4) is 0 Å². The smallest absolute Gasteiger partial charge is 0.338 e. The number of fused-ring (bicyclic) bond motifs is 1. The Bertz CT molecular complexity index is 1350.